The van der Waals surface area contributed by atoms with E-state index >= 15 is 0 Å². The molecule has 2 aliphatic carbocycles. The van der Waals surface area contributed by atoms with Gasteiger partial charge < -0.3 is 4.90 Å². The number of halogens is 6. The molecule has 29 heavy (non-hydrogen) atoms. The molecule has 0 aliphatic heterocycles. The summed E-state index contributed by atoms with van der Waals surface area (Å²) in [7, 11) is 0. The van der Waals surface area contributed by atoms with E-state index < -0.39 is 23.5 Å². The maximum absolute atomic E-state index is 13.3. The van der Waals surface area contributed by atoms with Crippen LogP contribution in [0.4, 0.5) is 32.0 Å². The normalized spacial score (nSPS) is 20.1. The van der Waals surface area contributed by atoms with Crippen LogP contribution in [0.2, 0.25) is 0 Å². The summed E-state index contributed by atoms with van der Waals surface area (Å²) in [5.74, 6) is 0.660. The van der Waals surface area contributed by atoms with Crippen LogP contribution in [0.25, 0.3) is 0 Å². The fraction of sp³-hybridized carbons (Fsp3) is 0.727. The molecular formula is C22H29F6N. The van der Waals surface area contributed by atoms with Crippen LogP contribution in [-0.2, 0) is 12.4 Å². The molecule has 0 bridgehead atoms. The minimum atomic E-state index is -4.81. The third-order valence-electron chi connectivity index (χ3n) is 6.34. The molecule has 2 saturated carbocycles. The molecule has 0 saturated heterocycles. The molecular weight excluding hydrogens is 392 g/mol. The van der Waals surface area contributed by atoms with Gasteiger partial charge in [-0.25, -0.2) is 0 Å². The van der Waals surface area contributed by atoms with E-state index in [1.807, 2.05) is 4.90 Å². The molecule has 0 unspecified atom stereocenters. The maximum atomic E-state index is 13.3. The molecule has 0 radical (unpaired) electrons. The summed E-state index contributed by atoms with van der Waals surface area (Å²) in [6.07, 6.45) is 0.987. The Hall–Kier alpha value is -1.40. The minimum absolute atomic E-state index is 0.0586. The SMILES string of the molecule is FC(F)(F)c1cc(N(CC2CCCCC2)CC2CCCCC2)cc(C(F)(F)F)c1. The van der Waals surface area contributed by atoms with Crippen molar-refractivity contribution in [2.75, 3.05) is 18.0 Å². The van der Waals surface area contributed by atoms with E-state index in [4.69, 9.17) is 0 Å². The second-order valence-electron chi connectivity index (χ2n) is 8.68. The highest BCUT2D eigenvalue weighted by atomic mass is 19.4. The van der Waals surface area contributed by atoms with Gasteiger partial charge in [-0.15, -0.1) is 0 Å². The Balaban J connectivity index is 1.93. The van der Waals surface area contributed by atoms with Crippen molar-refractivity contribution in [3.63, 3.8) is 0 Å². The number of rotatable bonds is 5. The lowest BCUT2D eigenvalue weighted by Crippen LogP contribution is -2.35. The topological polar surface area (TPSA) is 3.24 Å². The summed E-state index contributed by atoms with van der Waals surface area (Å²) in [5.41, 5.74) is -2.39. The Labute approximate surface area is 168 Å². The van der Waals surface area contributed by atoms with Gasteiger partial charge >= 0.3 is 12.4 Å². The summed E-state index contributed by atoms with van der Waals surface area (Å²) in [4.78, 5) is 1.82. The quantitative estimate of drug-likeness (QED) is 0.441. The minimum Gasteiger partial charge on any atom is -0.371 e. The Morgan fingerprint density at radius 2 is 1.00 bits per heavy atom. The first-order valence-corrected chi connectivity index (χ1v) is 10.7. The van der Waals surface area contributed by atoms with Gasteiger partial charge in [-0.05, 0) is 55.7 Å². The summed E-state index contributed by atoms with van der Waals surface area (Å²) in [6.45, 7) is 1.07. The molecule has 1 aromatic rings. The maximum Gasteiger partial charge on any atom is 0.416 e. The van der Waals surface area contributed by atoms with Crippen LogP contribution in [0.3, 0.4) is 0 Å². The Morgan fingerprint density at radius 3 is 1.34 bits per heavy atom. The van der Waals surface area contributed by atoms with Crippen molar-refractivity contribution < 1.29 is 26.3 Å². The first-order chi connectivity index (χ1) is 13.6. The lowest BCUT2D eigenvalue weighted by Gasteiger charge is -2.35. The summed E-state index contributed by atoms with van der Waals surface area (Å²) >= 11 is 0. The van der Waals surface area contributed by atoms with Gasteiger partial charge in [0.2, 0.25) is 0 Å². The van der Waals surface area contributed by atoms with Crippen molar-refractivity contribution in [1.82, 2.24) is 0 Å². The van der Waals surface area contributed by atoms with Crippen LogP contribution in [0.5, 0.6) is 0 Å². The first kappa shape index (κ1) is 22.3. The second kappa shape index (κ2) is 9.17. The Kier molecular flexibility index (Phi) is 7.05. The van der Waals surface area contributed by atoms with E-state index in [-0.39, 0.29) is 11.8 Å². The van der Waals surface area contributed by atoms with Crippen molar-refractivity contribution >= 4 is 5.69 Å². The second-order valence-corrected chi connectivity index (χ2v) is 8.68. The fourth-order valence-electron chi connectivity index (χ4n) is 4.77. The fourth-order valence-corrected chi connectivity index (χ4v) is 4.77. The summed E-state index contributed by atoms with van der Waals surface area (Å²) < 4.78 is 80.0. The molecule has 7 heteroatoms. The standard InChI is InChI=1S/C22H29F6N/c23-21(24,25)18-11-19(22(26,27)28)13-20(12-18)29(14-16-7-3-1-4-8-16)15-17-9-5-2-6-10-17/h11-13,16-17H,1-10,14-15H2. The predicted octanol–water partition coefficient (Wildman–Crippen LogP) is 7.69. The summed E-state index contributed by atoms with van der Waals surface area (Å²) in [6, 6.07) is 2.03. The zero-order valence-corrected chi connectivity index (χ0v) is 16.6. The number of hydrogen-bond donors (Lipinski definition) is 0. The zero-order valence-electron chi connectivity index (χ0n) is 16.6. The molecule has 164 valence electrons. The van der Waals surface area contributed by atoms with E-state index in [1.165, 1.54) is 0 Å². The van der Waals surface area contributed by atoms with Crippen molar-refractivity contribution in [2.24, 2.45) is 11.8 Å². The van der Waals surface area contributed by atoms with Gasteiger partial charge in [-0.1, -0.05) is 38.5 Å². The highest BCUT2D eigenvalue weighted by molar-refractivity contribution is 5.53. The molecule has 0 heterocycles. The van der Waals surface area contributed by atoms with Crippen LogP contribution in [0.15, 0.2) is 18.2 Å². The number of alkyl halides is 6. The highest BCUT2D eigenvalue weighted by Crippen LogP contribution is 2.39. The molecule has 0 N–H and O–H groups in total. The number of benzene rings is 1. The van der Waals surface area contributed by atoms with Gasteiger partial charge in [0.25, 0.3) is 0 Å². The smallest absolute Gasteiger partial charge is 0.371 e. The van der Waals surface area contributed by atoms with Crippen LogP contribution >= 0.6 is 0 Å². The predicted molar refractivity (Wildman–Crippen MR) is 102 cm³/mol. The average Bonchev–Trinajstić information content (AvgIpc) is 2.67. The molecule has 2 fully saturated rings. The van der Waals surface area contributed by atoms with Crippen molar-refractivity contribution in [2.45, 2.75) is 76.6 Å². The van der Waals surface area contributed by atoms with Gasteiger partial charge in [-0.2, -0.15) is 26.3 Å². The van der Waals surface area contributed by atoms with E-state index in [1.54, 1.807) is 0 Å². The van der Waals surface area contributed by atoms with Gasteiger partial charge in [-0.3, -0.25) is 0 Å². The lowest BCUT2D eigenvalue weighted by atomic mass is 9.86. The van der Waals surface area contributed by atoms with E-state index in [0.29, 0.717) is 24.9 Å². The first-order valence-electron chi connectivity index (χ1n) is 10.7. The Morgan fingerprint density at radius 1 is 0.621 bits per heavy atom. The van der Waals surface area contributed by atoms with Gasteiger partial charge in [0.15, 0.2) is 0 Å². The van der Waals surface area contributed by atoms with E-state index in [9.17, 15) is 26.3 Å². The third kappa shape index (κ3) is 6.29. The van der Waals surface area contributed by atoms with E-state index in [0.717, 1.165) is 76.3 Å². The van der Waals surface area contributed by atoms with Gasteiger partial charge in [0.05, 0.1) is 11.1 Å². The van der Waals surface area contributed by atoms with Gasteiger partial charge in [0.1, 0.15) is 0 Å². The van der Waals surface area contributed by atoms with Crippen LogP contribution in [0.1, 0.15) is 75.3 Å². The molecule has 2 aliphatic rings. The molecule has 0 atom stereocenters. The molecule has 3 rings (SSSR count). The zero-order chi connectivity index (χ0) is 21.1. The Bertz CT molecular complexity index is 602. The van der Waals surface area contributed by atoms with Crippen molar-refractivity contribution in [3.05, 3.63) is 29.3 Å². The van der Waals surface area contributed by atoms with Crippen LogP contribution < -0.4 is 4.90 Å². The summed E-state index contributed by atoms with van der Waals surface area (Å²) in [5, 5.41) is 0. The van der Waals surface area contributed by atoms with Crippen LogP contribution in [0, 0.1) is 11.8 Å². The van der Waals surface area contributed by atoms with E-state index in [2.05, 4.69) is 0 Å². The molecule has 1 aromatic carbocycles. The molecule has 0 aromatic heterocycles. The number of hydrogen-bond acceptors (Lipinski definition) is 1. The largest absolute Gasteiger partial charge is 0.416 e. The molecule has 0 spiro atoms. The van der Waals surface area contributed by atoms with Crippen molar-refractivity contribution in [3.8, 4) is 0 Å². The van der Waals surface area contributed by atoms with Crippen molar-refractivity contribution in [1.29, 1.82) is 0 Å². The number of nitrogens with zero attached hydrogens (tertiary/aromatic N) is 1. The van der Waals surface area contributed by atoms with Gasteiger partial charge in [0, 0.05) is 18.8 Å². The average molecular weight is 421 g/mol. The third-order valence-corrected chi connectivity index (χ3v) is 6.34. The molecule has 1 nitrogen and oxygen atoms in total. The van der Waals surface area contributed by atoms with Crippen LogP contribution in [-0.4, -0.2) is 13.1 Å². The monoisotopic (exact) mass is 421 g/mol. The molecule has 0 amide bonds. The number of anilines is 1. The highest BCUT2D eigenvalue weighted by Gasteiger charge is 2.37. The lowest BCUT2D eigenvalue weighted by molar-refractivity contribution is -0.143.